The zero-order chi connectivity index (χ0) is 28.7. The Balaban J connectivity index is 1.68. The molecule has 10 heteroatoms. The van der Waals surface area contributed by atoms with E-state index in [1.54, 1.807) is 56.3 Å². The van der Waals surface area contributed by atoms with Crippen molar-refractivity contribution in [2.45, 2.75) is 33.7 Å². The van der Waals surface area contributed by atoms with Crippen molar-refractivity contribution in [3.05, 3.63) is 119 Å². The van der Waals surface area contributed by atoms with Gasteiger partial charge in [-0.3, -0.25) is 9.36 Å². The molecule has 0 unspecified atom stereocenters. The number of aryl methyl sites for hydroxylation is 1. The molecule has 40 heavy (non-hydrogen) atoms. The Morgan fingerprint density at radius 3 is 2.52 bits per heavy atom. The number of ether oxygens (including phenoxy) is 1. The second-order valence-electron chi connectivity index (χ2n) is 9.37. The van der Waals surface area contributed by atoms with Crippen molar-refractivity contribution >= 4 is 41.0 Å². The fraction of sp³-hybridized carbons (Fsp3) is 0.200. The number of carbonyl (C=O) groups is 2. The van der Waals surface area contributed by atoms with Gasteiger partial charge in [-0.25, -0.2) is 14.6 Å². The molecule has 0 amide bonds. The molecule has 0 fully saturated rings. The van der Waals surface area contributed by atoms with Gasteiger partial charge in [-0.2, -0.15) is 0 Å². The van der Waals surface area contributed by atoms with Gasteiger partial charge < -0.3 is 14.4 Å². The number of benzene rings is 2. The molecule has 1 aliphatic heterocycles. The number of allylic oxidation sites excluding steroid dienone is 1. The topological polar surface area (TPSA) is 103 Å². The molecule has 0 radical (unpaired) electrons. The summed E-state index contributed by atoms with van der Waals surface area (Å²) in [6, 6.07) is 15.0. The van der Waals surface area contributed by atoms with Crippen LogP contribution in [0, 0.1) is 13.8 Å². The molecule has 1 atom stereocenters. The Bertz CT molecular complexity index is 1880. The molecule has 0 bridgehead atoms. The standard InChI is InChI=1S/C30H26ClN3O5S/c1-5-39-29(38)25-17(3)32-30-34(26(25)19-9-11-22(31)12-10-19)27(35)24(40-30)15-21-13-16(2)33(18(21)4)23-8-6-7-20(14-23)28(36)37/h6-15,26H,5H2,1-4H3,(H,36,37)/b24-15-/t26-/m0/s1. The summed E-state index contributed by atoms with van der Waals surface area (Å²) in [6.45, 7) is 7.51. The molecule has 2 aromatic heterocycles. The molecule has 2 aromatic carbocycles. The third kappa shape index (κ3) is 4.82. The molecule has 8 nitrogen and oxygen atoms in total. The van der Waals surface area contributed by atoms with Crippen LogP contribution in [-0.2, 0) is 9.53 Å². The van der Waals surface area contributed by atoms with Crippen LogP contribution in [0.3, 0.4) is 0 Å². The van der Waals surface area contributed by atoms with E-state index < -0.39 is 18.0 Å². The predicted octanol–water partition coefficient (Wildman–Crippen LogP) is 4.56. The average molecular weight is 576 g/mol. The third-order valence-corrected chi connectivity index (χ3v) is 8.05. The van der Waals surface area contributed by atoms with Crippen molar-refractivity contribution in [3.63, 3.8) is 0 Å². The lowest BCUT2D eigenvalue weighted by Crippen LogP contribution is -2.39. The van der Waals surface area contributed by atoms with E-state index in [1.807, 2.05) is 36.6 Å². The van der Waals surface area contributed by atoms with Crippen LogP contribution < -0.4 is 14.9 Å². The monoisotopic (exact) mass is 575 g/mol. The summed E-state index contributed by atoms with van der Waals surface area (Å²) in [5, 5.41) is 9.97. The number of carbonyl (C=O) groups excluding carboxylic acids is 1. The normalized spacial score (nSPS) is 15.1. The Morgan fingerprint density at radius 2 is 1.85 bits per heavy atom. The minimum absolute atomic E-state index is 0.190. The van der Waals surface area contributed by atoms with Crippen molar-refractivity contribution in [1.82, 2.24) is 9.13 Å². The number of hydrogen-bond donors (Lipinski definition) is 1. The Kier molecular flexibility index (Phi) is 7.35. The summed E-state index contributed by atoms with van der Waals surface area (Å²) in [5.74, 6) is -1.52. The summed E-state index contributed by atoms with van der Waals surface area (Å²) in [7, 11) is 0. The Labute approximate surface area is 238 Å². The lowest BCUT2D eigenvalue weighted by molar-refractivity contribution is -0.139. The summed E-state index contributed by atoms with van der Waals surface area (Å²) in [4.78, 5) is 43.5. The number of nitrogens with zero attached hydrogens (tertiary/aromatic N) is 3. The molecule has 0 saturated carbocycles. The first-order chi connectivity index (χ1) is 19.1. The molecule has 4 aromatic rings. The van der Waals surface area contributed by atoms with Gasteiger partial charge in [0.2, 0.25) is 0 Å². The van der Waals surface area contributed by atoms with Crippen molar-refractivity contribution in [2.24, 2.45) is 4.99 Å². The second-order valence-corrected chi connectivity index (χ2v) is 10.8. The minimum atomic E-state index is -1.00. The number of fused-ring (bicyclic) bond motifs is 1. The molecule has 1 aliphatic rings. The summed E-state index contributed by atoms with van der Waals surface area (Å²) >= 11 is 7.37. The highest BCUT2D eigenvalue weighted by molar-refractivity contribution is 7.07. The first-order valence-electron chi connectivity index (χ1n) is 12.6. The first kappa shape index (κ1) is 27.4. The van der Waals surface area contributed by atoms with Gasteiger partial charge in [0.1, 0.15) is 0 Å². The van der Waals surface area contributed by atoms with E-state index in [-0.39, 0.29) is 17.7 Å². The van der Waals surface area contributed by atoms with Gasteiger partial charge in [0.25, 0.3) is 5.56 Å². The fourth-order valence-corrected chi connectivity index (χ4v) is 6.17. The number of aromatic carboxylic acids is 1. The van der Waals surface area contributed by atoms with E-state index in [2.05, 4.69) is 4.99 Å². The van der Waals surface area contributed by atoms with Crippen LogP contribution in [0.4, 0.5) is 0 Å². The molecule has 3 heterocycles. The van der Waals surface area contributed by atoms with E-state index in [0.717, 1.165) is 17.0 Å². The van der Waals surface area contributed by atoms with Crippen LogP contribution in [0.5, 0.6) is 0 Å². The molecule has 0 spiro atoms. The number of halogens is 1. The highest BCUT2D eigenvalue weighted by Crippen LogP contribution is 2.31. The Hall–Kier alpha value is -4.21. The number of aromatic nitrogens is 2. The second kappa shape index (κ2) is 10.7. The van der Waals surface area contributed by atoms with Crippen molar-refractivity contribution in [1.29, 1.82) is 0 Å². The number of carboxylic acid groups (broad SMARTS) is 1. The molecular weight excluding hydrogens is 550 g/mol. The zero-order valence-corrected chi connectivity index (χ0v) is 23.8. The lowest BCUT2D eigenvalue weighted by atomic mass is 9.96. The number of thiazole rings is 1. The van der Waals surface area contributed by atoms with E-state index in [4.69, 9.17) is 16.3 Å². The van der Waals surface area contributed by atoms with Crippen LogP contribution in [0.1, 0.15) is 52.8 Å². The van der Waals surface area contributed by atoms with Crippen LogP contribution in [0.15, 0.2) is 75.7 Å². The van der Waals surface area contributed by atoms with E-state index in [0.29, 0.717) is 36.9 Å². The van der Waals surface area contributed by atoms with Crippen LogP contribution in [0.25, 0.3) is 11.8 Å². The van der Waals surface area contributed by atoms with Crippen molar-refractivity contribution in [2.75, 3.05) is 6.61 Å². The molecule has 5 rings (SSSR count). The number of esters is 1. The largest absolute Gasteiger partial charge is 0.478 e. The lowest BCUT2D eigenvalue weighted by Gasteiger charge is -2.24. The molecular formula is C30H26ClN3O5S. The van der Waals surface area contributed by atoms with E-state index in [1.165, 1.54) is 15.9 Å². The van der Waals surface area contributed by atoms with Gasteiger partial charge in [-0.15, -0.1) is 0 Å². The van der Waals surface area contributed by atoms with Gasteiger partial charge in [-0.1, -0.05) is 41.1 Å². The quantitative estimate of drug-likeness (QED) is 0.340. The van der Waals surface area contributed by atoms with Gasteiger partial charge in [0, 0.05) is 22.1 Å². The SMILES string of the molecule is CCOC(=O)C1=C(C)N=c2s/c(=C\c3cc(C)n(-c4cccc(C(=O)O)c4)c3C)c(=O)n2[C@H]1c1ccc(Cl)cc1. The van der Waals surface area contributed by atoms with Gasteiger partial charge in [-0.05, 0) is 81.3 Å². The van der Waals surface area contributed by atoms with Crippen LogP contribution >= 0.6 is 22.9 Å². The zero-order valence-electron chi connectivity index (χ0n) is 22.3. The molecule has 0 aliphatic carbocycles. The molecule has 1 N–H and O–H groups in total. The third-order valence-electron chi connectivity index (χ3n) is 6.81. The summed E-state index contributed by atoms with van der Waals surface area (Å²) in [5.41, 5.74) is 4.68. The maximum absolute atomic E-state index is 13.9. The maximum Gasteiger partial charge on any atom is 0.338 e. The van der Waals surface area contributed by atoms with Crippen LogP contribution in [0.2, 0.25) is 5.02 Å². The molecule has 204 valence electrons. The van der Waals surface area contributed by atoms with Crippen molar-refractivity contribution in [3.8, 4) is 5.69 Å². The fourth-order valence-electron chi connectivity index (χ4n) is 5.00. The first-order valence-corrected chi connectivity index (χ1v) is 13.8. The van der Waals surface area contributed by atoms with E-state index in [9.17, 15) is 19.5 Å². The summed E-state index contributed by atoms with van der Waals surface area (Å²) < 4.78 is 9.28. The number of carboxylic acids is 1. The number of hydrogen-bond acceptors (Lipinski definition) is 6. The Morgan fingerprint density at radius 1 is 1.12 bits per heavy atom. The van der Waals surface area contributed by atoms with Gasteiger partial charge in [0.15, 0.2) is 4.80 Å². The summed E-state index contributed by atoms with van der Waals surface area (Å²) in [6.07, 6.45) is 1.81. The predicted molar refractivity (Wildman–Crippen MR) is 154 cm³/mol. The van der Waals surface area contributed by atoms with Gasteiger partial charge >= 0.3 is 11.9 Å². The number of rotatable bonds is 6. The highest BCUT2D eigenvalue weighted by Gasteiger charge is 2.33. The smallest absolute Gasteiger partial charge is 0.338 e. The highest BCUT2D eigenvalue weighted by atomic mass is 35.5. The maximum atomic E-state index is 13.9. The molecule has 0 saturated heterocycles. The average Bonchev–Trinajstić information content (AvgIpc) is 3.37. The van der Waals surface area contributed by atoms with E-state index >= 15 is 0 Å². The van der Waals surface area contributed by atoms with Crippen LogP contribution in [-0.4, -0.2) is 32.8 Å². The minimum Gasteiger partial charge on any atom is -0.478 e. The van der Waals surface area contributed by atoms with Gasteiger partial charge in [0.05, 0.1) is 34.0 Å². The van der Waals surface area contributed by atoms with Crippen molar-refractivity contribution < 1.29 is 19.4 Å².